The van der Waals surface area contributed by atoms with Gasteiger partial charge in [0.25, 0.3) is 0 Å². The van der Waals surface area contributed by atoms with E-state index in [4.69, 9.17) is 4.98 Å². The highest BCUT2D eigenvalue weighted by Gasteiger charge is 2.16. The zero-order valence-electron chi connectivity index (χ0n) is 26.3. The van der Waals surface area contributed by atoms with Crippen molar-refractivity contribution in [2.45, 2.75) is 0 Å². The molecule has 0 N–H and O–H groups in total. The molecule has 0 bridgehead atoms. The predicted octanol–water partition coefficient (Wildman–Crippen LogP) is 10.9. The fraction of sp³-hybridized carbons (Fsp3) is 0. The van der Waals surface area contributed by atoms with Crippen LogP contribution >= 0.6 is 0 Å². The van der Waals surface area contributed by atoms with Crippen LogP contribution in [0, 0.1) is 0 Å². The third kappa shape index (κ3) is 4.28. The second kappa shape index (κ2) is 10.7. The van der Waals surface area contributed by atoms with Gasteiger partial charge in [-0.05, 0) is 84.2 Å². The van der Waals surface area contributed by atoms with Gasteiger partial charge in [0.15, 0.2) is 11.5 Å². The Labute approximate surface area is 281 Å². The molecule has 228 valence electrons. The molecular weight excluding hydrogens is 599 g/mol. The first-order valence-electron chi connectivity index (χ1n) is 16.5. The molecule has 49 heavy (non-hydrogen) atoms. The Balaban J connectivity index is 1.14. The van der Waals surface area contributed by atoms with Gasteiger partial charge < -0.3 is 0 Å². The second-order valence-electron chi connectivity index (χ2n) is 12.6. The molecule has 4 heteroatoms. The fourth-order valence-corrected chi connectivity index (χ4v) is 7.53. The minimum atomic E-state index is -0.342. The van der Waals surface area contributed by atoms with Gasteiger partial charge in [-0.2, -0.15) is 4.98 Å². The molecule has 10 aromatic rings. The van der Waals surface area contributed by atoms with Crippen LogP contribution in [0.25, 0.3) is 93.3 Å². The lowest BCUT2D eigenvalue weighted by Crippen LogP contribution is -2.20. The average molecular weight is 626 g/mol. The topological polar surface area (TPSA) is 47.3 Å². The van der Waals surface area contributed by atoms with E-state index in [1.807, 2.05) is 54.6 Å². The van der Waals surface area contributed by atoms with Gasteiger partial charge in [0.2, 0.25) is 0 Å². The maximum atomic E-state index is 13.6. The van der Waals surface area contributed by atoms with Gasteiger partial charge in [0, 0.05) is 16.3 Å². The summed E-state index contributed by atoms with van der Waals surface area (Å²) >= 11 is 0. The molecule has 0 fully saturated rings. The number of hydrogen-bond acceptors (Lipinski definition) is 3. The number of rotatable bonds is 3. The third-order valence-electron chi connectivity index (χ3n) is 9.82. The van der Waals surface area contributed by atoms with Crippen LogP contribution in [0.2, 0.25) is 0 Å². The van der Waals surface area contributed by atoms with Crippen molar-refractivity contribution in [2.24, 2.45) is 0 Å². The van der Waals surface area contributed by atoms with Gasteiger partial charge in [-0.25, -0.2) is 14.2 Å². The molecule has 8 aromatic carbocycles. The lowest BCUT2D eigenvalue weighted by Gasteiger charge is -2.14. The molecule has 4 nitrogen and oxygen atoms in total. The van der Waals surface area contributed by atoms with Crippen LogP contribution in [0.5, 0.6) is 0 Å². The van der Waals surface area contributed by atoms with Gasteiger partial charge in [0.1, 0.15) is 0 Å². The highest BCUT2D eigenvalue weighted by atomic mass is 16.1. The number of fused-ring (bicyclic) bond motifs is 12. The first-order valence-corrected chi connectivity index (χ1v) is 16.5. The first-order chi connectivity index (χ1) is 24.2. The fourth-order valence-electron chi connectivity index (χ4n) is 7.53. The summed E-state index contributed by atoms with van der Waals surface area (Å²) in [7, 11) is 0. The minimum absolute atomic E-state index is 0.342. The zero-order chi connectivity index (χ0) is 32.5. The van der Waals surface area contributed by atoms with E-state index in [1.54, 1.807) is 4.40 Å². The molecule has 0 aliphatic heterocycles. The molecule has 0 aliphatic rings. The van der Waals surface area contributed by atoms with Crippen LogP contribution in [-0.2, 0) is 0 Å². The molecule has 0 spiro atoms. The van der Waals surface area contributed by atoms with E-state index in [2.05, 4.69) is 114 Å². The molecule has 0 amide bonds. The van der Waals surface area contributed by atoms with Crippen LogP contribution in [-0.4, -0.2) is 14.4 Å². The lowest BCUT2D eigenvalue weighted by molar-refractivity contribution is 0.983. The summed E-state index contributed by atoms with van der Waals surface area (Å²) in [6, 6.07) is 57.1. The SMILES string of the molecule is O=c1nc(-c2ccccc2)nc2c3ccccc3c3cc(-c4cccc(-c5ccc6c7ccccc7c7ccccc7c6c5)c4)ccc3n12. The highest BCUT2D eigenvalue weighted by molar-refractivity contribution is 6.25. The summed E-state index contributed by atoms with van der Waals surface area (Å²) in [6.07, 6.45) is 0. The molecular formula is C45H27N3O. The van der Waals surface area contributed by atoms with E-state index in [0.29, 0.717) is 11.5 Å². The molecule has 0 unspecified atom stereocenters. The van der Waals surface area contributed by atoms with Gasteiger partial charge in [-0.1, -0.05) is 140 Å². The maximum absolute atomic E-state index is 13.6. The molecule has 0 saturated heterocycles. The summed E-state index contributed by atoms with van der Waals surface area (Å²) in [5, 5.41) is 10.5. The number of aromatic nitrogens is 3. The molecule has 0 atom stereocenters. The monoisotopic (exact) mass is 625 g/mol. The molecule has 0 radical (unpaired) electrons. The van der Waals surface area contributed by atoms with Gasteiger partial charge in [0.05, 0.1) is 5.52 Å². The first kappa shape index (κ1) is 27.5. The number of benzene rings is 8. The second-order valence-corrected chi connectivity index (χ2v) is 12.6. The highest BCUT2D eigenvalue weighted by Crippen LogP contribution is 2.38. The molecule has 2 aromatic heterocycles. The Hall–Kier alpha value is -6.65. The van der Waals surface area contributed by atoms with Crippen molar-refractivity contribution in [3.8, 4) is 33.6 Å². The Morgan fingerprint density at radius 3 is 1.47 bits per heavy atom. The van der Waals surface area contributed by atoms with Gasteiger partial charge >= 0.3 is 5.69 Å². The lowest BCUT2D eigenvalue weighted by atomic mass is 9.91. The number of nitrogens with zero attached hydrogens (tertiary/aromatic N) is 3. The van der Waals surface area contributed by atoms with Gasteiger partial charge in [-0.15, -0.1) is 0 Å². The summed E-state index contributed by atoms with van der Waals surface area (Å²) in [5.41, 5.74) is 6.37. The van der Waals surface area contributed by atoms with E-state index in [1.165, 1.54) is 37.9 Å². The Morgan fingerprint density at radius 2 is 0.816 bits per heavy atom. The Kier molecular flexibility index (Phi) is 5.99. The molecule has 2 heterocycles. The normalized spacial score (nSPS) is 11.8. The summed E-state index contributed by atoms with van der Waals surface area (Å²) < 4.78 is 1.65. The van der Waals surface area contributed by atoms with Crippen molar-refractivity contribution in [3.63, 3.8) is 0 Å². The van der Waals surface area contributed by atoms with Crippen molar-refractivity contribution in [1.82, 2.24) is 14.4 Å². The molecule has 10 rings (SSSR count). The summed E-state index contributed by atoms with van der Waals surface area (Å²) in [5.74, 6) is 0.429. The van der Waals surface area contributed by atoms with E-state index >= 15 is 0 Å². The predicted molar refractivity (Wildman–Crippen MR) is 203 cm³/mol. The van der Waals surface area contributed by atoms with Crippen molar-refractivity contribution >= 4 is 59.6 Å². The van der Waals surface area contributed by atoms with Crippen LogP contribution in [0.1, 0.15) is 0 Å². The number of hydrogen-bond donors (Lipinski definition) is 0. The Morgan fingerprint density at radius 1 is 0.347 bits per heavy atom. The standard InChI is InChI=1S/C45H27N3O/c49-45-47-43(28-11-2-1-3-12-28)46-44-39-20-9-8-19-37(39)41-27-32(22-24-42(41)48(44)45)30-14-10-13-29(25-30)31-21-23-38-35-17-5-4-15-33(35)34-16-6-7-18-36(34)40(38)26-31/h1-27H. The largest absolute Gasteiger partial charge is 0.355 e. The van der Waals surface area contributed by atoms with E-state index < -0.39 is 0 Å². The number of pyridine rings is 1. The smallest absolute Gasteiger partial charge is 0.245 e. The van der Waals surface area contributed by atoms with Gasteiger partial charge in [-0.3, -0.25) is 0 Å². The van der Waals surface area contributed by atoms with Crippen molar-refractivity contribution in [2.75, 3.05) is 0 Å². The van der Waals surface area contributed by atoms with Crippen LogP contribution < -0.4 is 5.69 Å². The minimum Gasteiger partial charge on any atom is -0.245 e. The van der Waals surface area contributed by atoms with Crippen LogP contribution in [0.4, 0.5) is 0 Å². The van der Waals surface area contributed by atoms with E-state index in [-0.39, 0.29) is 5.69 Å². The third-order valence-corrected chi connectivity index (χ3v) is 9.82. The molecule has 0 saturated carbocycles. The van der Waals surface area contributed by atoms with E-state index in [9.17, 15) is 4.79 Å². The Bertz CT molecular complexity index is 2980. The average Bonchev–Trinajstić information content (AvgIpc) is 3.18. The quantitative estimate of drug-likeness (QED) is 0.184. The van der Waals surface area contributed by atoms with E-state index in [0.717, 1.165) is 43.9 Å². The summed E-state index contributed by atoms with van der Waals surface area (Å²) in [4.78, 5) is 23.0. The van der Waals surface area contributed by atoms with Crippen LogP contribution in [0.15, 0.2) is 169 Å². The summed E-state index contributed by atoms with van der Waals surface area (Å²) in [6.45, 7) is 0. The van der Waals surface area contributed by atoms with Crippen molar-refractivity contribution in [3.05, 3.63) is 174 Å². The maximum Gasteiger partial charge on any atom is 0.355 e. The van der Waals surface area contributed by atoms with Crippen LogP contribution in [0.3, 0.4) is 0 Å². The van der Waals surface area contributed by atoms with Crippen molar-refractivity contribution in [1.29, 1.82) is 0 Å². The zero-order valence-corrected chi connectivity index (χ0v) is 26.3. The van der Waals surface area contributed by atoms with Crippen molar-refractivity contribution < 1.29 is 0 Å². The molecule has 0 aliphatic carbocycles.